The Bertz CT molecular complexity index is 2870. The van der Waals surface area contributed by atoms with Gasteiger partial charge in [-0.15, -0.1) is 0 Å². The van der Waals surface area contributed by atoms with Gasteiger partial charge in [-0.3, -0.25) is 38.4 Å². The van der Waals surface area contributed by atoms with Crippen molar-refractivity contribution in [3.05, 3.63) is 138 Å². The molecule has 428 valence electrons. The van der Waals surface area contributed by atoms with E-state index in [-0.39, 0.29) is 76.9 Å². The summed E-state index contributed by atoms with van der Waals surface area (Å²) in [7, 11) is 0. The fraction of sp³-hybridized carbons (Fsp3) is 0.424. The summed E-state index contributed by atoms with van der Waals surface area (Å²) >= 11 is 0. The number of phenols is 1. The van der Waals surface area contributed by atoms with Gasteiger partial charge in [-0.05, 0) is 91.9 Å². The van der Waals surface area contributed by atoms with Gasteiger partial charge >= 0.3 is 0 Å². The highest BCUT2D eigenvalue weighted by Crippen LogP contribution is 2.22. The van der Waals surface area contributed by atoms with Crippen LogP contribution in [0, 0.1) is 5.92 Å². The van der Waals surface area contributed by atoms with Gasteiger partial charge in [0.15, 0.2) is 0 Å². The van der Waals surface area contributed by atoms with E-state index in [1.807, 2.05) is 54.6 Å². The number of primary amides is 1. The van der Waals surface area contributed by atoms with Crippen LogP contribution in [0.15, 0.2) is 115 Å². The number of nitrogens with one attached hydrogen (secondary N) is 8. The summed E-state index contributed by atoms with van der Waals surface area (Å²) in [5.41, 5.74) is 15.0. The molecule has 2 unspecified atom stereocenters. The Labute approximate surface area is 466 Å². The van der Waals surface area contributed by atoms with Crippen molar-refractivity contribution in [3.63, 3.8) is 0 Å². The summed E-state index contributed by atoms with van der Waals surface area (Å²) in [5, 5.41) is 41.6. The number of aromatic nitrogens is 1. The monoisotopic (exact) mass is 1100 g/mol. The van der Waals surface area contributed by atoms with Crippen molar-refractivity contribution in [2.24, 2.45) is 17.4 Å². The van der Waals surface area contributed by atoms with Gasteiger partial charge in [0, 0.05) is 62.4 Å². The van der Waals surface area contributed by atoms with Crippen molar-refractivity contribution in [2.45, 2.75) is 127 Å². The number of hydrogen-bond donors (Lipinski definition) is 12. The zero-order valence-electron chi connectivity index (χ0n) is 45.6. The molecule has 5 aromatic rings. The molecule has 1 aromatic heterocycles. The highest BCUT2D eigenvalue weighted by atomic mass is 16.3. The number of aliphatic hydroxyl groups is 1. The van der Waals surface area contributed by atoms with E-state index >= 15 is 9.59 Å². The zero-order chi connectivity index (χ0) is 57.7. The number of aliphatic hydroxyl groups excluding tert-OH is 1. The third-order valence-electron chi connectivity index (χ3n) is 14.1. The molecule has 0 saturated carbocycles. The molecule has 2 heterocycles. The fourth-order valence-electron chi connectivity index (χ4n) is 9.67. The Balaban J connectivity index is 1.43. The maximum absolute atomic E-state index is 15.3. The molecule has 8 atom stereocenters. The molecule has 1 saturated heterocycles. The second-order valence-corrected chi connectivity index (χ2v) is 20.6. The number of unbranched alkanes of at least 4 members (excludes halogenated alkanes) is 1. The van der Waals surface area contributed by atoms with E-state index in [1.165, 1.54) is 24.0 Å². The molecular formula is C59H77N11O10. The van der Waals surface area contributed by atoms with Crippen LogP contribution >= 0.6 is 0 Å². The standard InChI is InChI=1S/C59H77N11O10/c1-36(2)51-59(80)70(49(33-39-17-8-5-9-18-39)58(79)69-52(37(3)71)53(61)74)30-14-22-50(73)63-29-28-62-46(31-38-15-6-4-7-16-38)55(76)66-47(32-40-23-25-42(72)26-24-40)56(77)67-48(34-41-35-64-44-20-11-10-19-43(41)44)57(78)65-45(54(75)68-51)21-12-13-27-60/h4-11,15-20,23-26,35-37,45-49,51-52,62,64,71-72H,12-14,21-22,27-34,60H2,1-3H3,(H2,61,74)(H,63,73)(H,65,78)(H,66,76)(H,67,77)(H,68,75)(H,69,79)/t37-,45+,46?,47+,48-,49?,51+,52+/m1/s1. The van der Waals surface area contributed by atoms with E-state index in [0.29, 0.717) is 29.5 Å². The molecule has 1 aliphatic rings. The highest BCUT2D eigenvalue weighted by Gasteiger charge is 2.39. The smallest absolute Gasteiger partial charge is 0.246 e. The van der Waals surface area contributed by atoms with E-state index in [0.717, 1.165) is 16.5 Å². The van der Waals surface area contributed by atoms with Crippen LogP contribution in [0.25, 0.3) is 10.9 Å². The van der Waals surface area contributed by atoms with E-state index in [1.54, 1.807) is 62.5 Å². The topological polar surface area (TPSA) is 332 Å². The third kappa shape index (κ3) is 17.9. The average molecular weight is 1100 g/mol. The molecule has 0 spiro atoms. The van der Waals surface area contributed by atoms with E-state index < -0.39 is 102 Å². The van der Waals surface area contributed by atoms with Crippen molar-refractivity contribution >= 4 is 58.2 Å². The van der Waals surface area contributed by atoms with Crippen molar-refractivity contribution < 1.29 is 48.6 Å². The fourth-order valence-corrected chi connectivity index (χ4v) is 9.67. The number of phenolic OH excluding ortho intramolecular Hbond substituents is 1. The van der Waals surface area contributed by atoms with Gasteiger partial charge in [0.25, 0.3) is 0 Å². The Morgan fingerprint density at radius 1 is 0.688 bits per heavy atom. The molecule has 4 aromatic carbocycles. The first-order valence-electron chi connectivity index (χ1n) is 27.3. The summed E-state index contributed by atoms with van der Waals surface area (Å²) in [6.07, 6.45) is 1.08. The number of aromatic amines is 1. The van der Waals surface area contributed by atoms with Crippen LogP contribution in [0.4, 0.5) is 0 Å². The number of carbonyl (C=O) groups is 8. The van der Waals surface area contributed by atoms with Gasteiger partial charge in [-0.1, -0.05) is 105 Å². The third-order valence-corrected chi connectivity index (χ3v) is 14.1. The summed E-state index contributed by atoms with van der Waals surface area (Å²) in [4.78, 5) is 120. The zero-order valence-corrected chi connectivity index (χ0v) is 45.6. The van der Waals surface area contributed by atoms with Crippen LogP contribution in [-0.2, 0) is 64.0 Å². The number of nitrogens with two attached hydrogens (primary N) is 2. The van der Waals surface area contributed by atoms with Crippen LogP contribution in [0.1, 0.15) is 75.1 Å². The quantitative estimate of drug-likeness (QED) is 0.0553. The van der Waals surface area contributed by atoms with Crippen molar-refractivity contribution in [1.82, 2.24) is 47.1 Å². The predicted octanol–water partition coefficient (Wildman–Crippen LogP) is 1.28. The molecule has 6 rings (SSSR count). The molecule has 1 aliphatic heterocycles. The summed E-state index contributed by atoms with van der Waals surface area (Å²) < 4.78 is 0. The first kappa shape index (κ1) is 61.1. The van der Waals surface area contributed by atoms with Crippen molar-refractivity contribution in [2.75, 3.05) is 26.2 Å². The minimum absolute atomic E-state index is 0.00937. The number of carbonyl (C=O) groups excluding carboxylic acids is 8. The van der Waals surface area contributed by atoms with Gasteiger partial charge < -0.3 is 68.8 Å². The number of nitrogens with zero attached hydrogens (tertiary/aromatic N) is 1. The average Bonchev–Trinajstić information content (AvgIpc) is 3.86. The Morgan fingerprint density at radius 3 is 1.90 bits per heavy atom. The largest absolute Gasteiger partial charge is 0.508 e. The van der Waals surface area contributed by atoms with Gasteiger partial charge in [-0.25, -0.2) is 0 Å². The molecule has 0 bridgehead atoms. The molecule has 1 fully saturated rings. The van der Waals surface area contributed by atoms with E-state index in [4.69, 9.17) is 11.5 Å². The number of rotatable bonds is 18. The lowest BCUT2D eigenvalue weighted by molar-refractivity contribution is -0.145. The minimum atomic E-state index is -1.53. The number of fused-ring (bicyclic) bond motifs is 1. The van der Waals surface area contributed by atoms with Crippen LogP contribution in [0.5, 0.6) is 5.75 Å². The maximum Gasteiger partial charge on any atom is 0.246 e. The summed E-state index contributed by atoms with van der Waals surface area (Å²) in [6, 6.07) is 22.5. The first-order chi connectivity index (χ1) is 38.4. The number of H-pyrrole nitrogens is 1. The molecule has 0 aliphatic carbocycles. The SMILES string of the molecule is CC(C)[C@@H]1NC(=O)[C@H](CCCCN)NC(=O)[C@@H](Cc2c[nH]c3ccccc23)NC(=O)[C@H](Cc2ccc(O)cc2)NC(=O)C(Cc2ccccc2)NCCNC(=O)CCCN(C(Cc2ccccc2)C(=O)N[C@H](C(N)=O)[C@@H](C)O)C1=O. The van der Waals surface area contributed by atoms with Crippen LogP contribution < -0.4 is 48.7 Å². The molecule has 0 radical (unpaired) electrons. The molecule has 21 nitrogen and oxygen atoms in total. The Hall–Kier alpha value is -8.14. The van der Waals surface area contributed by atoms with Crippen LogP contribution in [0.3, 0.4) is 0 Å². The minimum Gasteiger partial charge on any atom is -0.508 e. The van der Waals surface area contributed by atoms with Gasteiger partial charge in [0.2, 0.25) is 47.3 Å². The predicted molar refractivity (Wildman–Crippen MR) is 302 cm³/mol. The van der Waals surface area contributed by atoms with Crippen LogP contribution in [-0.4, -0.2) is 142 Å². The van der Waals surface area contributed by atoms with Crippen molar-refractivity contribution in [1.29, 1.82) is 0 Å². The normalized spacial score (nSPS) is 20.8. The second-order valence-electron chi connectivity index (χ2n) is 20.6. The van der Waals surface area contributed by atoms with Crippen LogP contribution in [0.2, 0.25) is 0 Å². The number of amides is 8. The maximum atomic E-state index is 15.3. The molecule has 8 amide bonds. The molecular weight excluding hydrogens is 1020 g/mol. The summed E-state index contributed by atoms with van der Waals surface area (Å²) in [6.45, 7) is 4.92. The number of benzene rings is 4. The second kappa shape index (κ2) is 30.3. The molecule has 14 N–H and O–H groups in total. The summed E-state index contributed by atoms with van der Waals surface area (Å²) in [5.74, 6) is -6.39. The van der Waals surface area contributed by atoms with Crippen molar-refractivity contribution in [3.8, 4) is 5.75 Å². The lowest BCUT2D eigenvalue weighted by atomic mass is 9.97. The van der Waals surface area contributed by atoms with Gasteiger partial charge in [-0.2, -0.15) is 0 Å². The lowest BCUT2D eigenvalue weighted by Gasteiger charge is -2.36. The van der Waals surface area contributed by atoms with E-state index in [2.05, 4.69) is 42.2 Å². The highest BCUT2D eigenvalue weighted by molar-refractivity contribution is 5.98. The molecule has 21 heteroatoms. The number of para-hydroxylation sites is 1. The van der Waals surface area contributed by atoms with Gasteiger partial charge in [0.1, 0.15) is 42.0 Å². The van der Waals surface area contributed by atoms with E-state index in [9.17, 15) is 39.0 Å². The number of hydrogen-bond acceptors (Lipinski definition) is 12. The lowest BCUT2D eigenvalue weighted by Crippen LogP contribution is -2.62. The number of aromatic hydroxyl groups is 1. The van der Waals surface area contributed by atoms with Gasteiger partial charge in [0.05, 0.1) is 12.1 Å². The molecule has 80 heavy (non-hydrogen) atoms. The first-order valence-corrected chi connectivity index (χ1v) is 27.3. The Kier molecular flexibility index (Phi) is 23.1. The Morgan fingerprint density at radius 2 is 1.26 bits per heavy atom.